The minimum Gasteiger partial charge on any atom is -0.508 e. The number of benzene rings is 3. The van der Waals surface area contributed by atoms with E-state index in [-0.39, 0.29) is 22.9 Å². The van der Waals surface area contributed by atoms with Crippen LogP contribution in [0.2, 0.25) is 0 Å². The van der Waals surface area contributed by atoms with Crippen molar-refractivity contribution in [3.8, 4) is 16.9 Å². The average molecular weight is 453 g/mol. The summed E-state index contributed by atoms with van der Waals surface area (Å²) in [4.78, 5) is 19.3. The number of thioether (sulfide) groups is 1. The van der Waals surface area contributed by atoms with Gasteiger partial charge >= 0.3 is 0 Å². The van der Waals surface area contributed by atoms with Gasteiger partial charge in [-0.05, 0) is 64.8 Å². The van der Waals surface area contributed by atoms with E-state index in [9.17, 15) is 9.90 Å². The predicted octanol–water partition coefficient (Wildman–Crippen LogP) is 5.89. The van der Waals surface area contributed by atoms with Gasteiger partial charge in [0.2, 0.25) is 5.91 Å². The summed E-state index contributed by atoms with van der Waals surface area (Å²) in [6, 6.07) is 29.5. The van der Waals surface area contributed by atoms with E-state index in [4.69, 9.17) is 0 Å². The summed E-state index contributed by atoms with van der Waals surface area (Å²) < 4.78 is 0. The summed E-state index contributed by atoms with van der Waals surface area (Å²) in [5.41, 5.74) is 5.30. The molecule has 1 fully saturated rings. The number of carbonyl (C=O) groups excluding carboxylic acids is 1. The molecule has 1 amide bonds. The third kappa shape index (κ3) is 4.50. The normalized spacial score (nSPS) is 17.6. The smallest absolute Gasteiger partial charge is 0.243 e. The highest BCUT2D eigenvalue weighted by atomic mass is 32.2. The second kappa shape index (κ2) is 9.51. The topological polar surface area (TPSA) is 53.4 Å². The van der Waals surface area contributed by atoms with Crippen LogP contribution in [0.5, 0.6) is 5.75 Å². The van der Waals surface area contributed by atoms with Crippen LogP contribution in [0.15, 0.2) is 103 Å². The molecule has 4 nitrogen and oxygen atoms in total. The zero-order valence-electron chi connectivity index (χ0n) is 18.0. The van der Waals surface area contributed by atoms with Crippen LogP contribution >= 0.6 is 11.8 Å². The third-order valence-corrected chi connectivity index (χ3v) is 7.21. The van der Waals surface area contributed by atoms with Crippen molar-refractivity contribution in [2.24, 2.45) is 0 Å². The van der Waals surface area contributed by atoms with E-state index in [0.717, 1.165) is 34.6 Å². The Bertz CT molecular complexity index is 1210. The number of β-lactam (4-membered cyclic amide) rings is 1. The van der Waals surface area contributed by atoms with E-state index in [2.05, 4.69) is 17.1 Å². The summed E-state index contributed by atoms with van der Waals surface area (Å²) in [5, 5.41) is 9.60. The van der Waals surface area contributed by atoms with E-state index in [1.54, 1.807) is 30.1 Å². The number of aromatic nitrogens is 1. The van der Waals surface area contributed by atoms with Crippen LogP contribution in [0.3, 0.4) is 0 Å². The van der Waals surface area contributed by atoms with Gasteiger partial charge < -0.3 is 10.0 Å². The summed E-state index contributed by atoms with van der Waals surface area (Å²) in [5.74, 6) is 1.23. The van der Waals surface area contributed by atoms with Gasteiger partial charge in [-0.3, -0.25) is 9.78 Å². The molecule has 2 heterocycles. The molecule has 0 bridgehead atoms. The van der Waals surface area contributed by atoms with Crippen molar-refractivity contribution in [1.29, 1.82) is 0 Å². The lowest BCUT2D eigenvalue weighted by Crippen LogP contribution is -2.57. The van der Waals surface area contributed by atoms with Crippen molar-refractivity contribution in [2.45, 2.75) is 17.7 Å². The molecular weight excluding hydrogens is 428 g/mol. The van der Waals surface area contributed by atoms with Gasteiger partial charge in [-0.1, -0.05) is 60.7 Å². The van der Waals surface area contributed by atoms with Crippen LogP contribution in [-0.2, 0) is 11.2 Å². The van der Waals surface area contributed by atoms with Gasteiger partial charge in [-0.15, -0.1) is 11.8 Å². The van der Waals surface area contributed by atoms with Crippen LogP contribution in [0.4, 0.5) is 5.69 Å². The number of hydrogen-bond donors (Lipinski definition) is 1. The molecule has 0 radical (unpaired) electrons. The molecular formula is C28H24N2O2S. The Balaban J connectivity index is 1.36. The molecule has 0 aliphatic carbocycles. The molecule has 5 heteroatoms. The van der Waals surface area contributed by atoms with Gasteiger partial charge in [0.25, 0.3) is 0 Å². The monoisotopic (exact) mass is 452 g/mol. The highest BCUT2D eigenvalue weighted by Crippen LogP contribution is 2.45. The second-order valence-electron chi connectivity index (χ2n) is 8.06. The largest absolute Gasteiger partial charge is 0.508 e. The van der Waals surface area contributed by atoms with Gasteiger partial charge in [0.1, 0.15) is 11.0 Å². The van der Waals surface area contributed by atoms with Crippen molar-refractivity contribution in [1.82, 2.24) is 4.98 Å². The first-order valence-corrected chi connectivity index (χ1v) is 12.0. The quantitative estimate of drug-likeness (QED) is 0.356. The fraction of sp³-hybridized carbons (Fsp3) is 0.143. The Labute approximate surface area is 197 Å². The maximum atomic E-state index is 13.3. The Hall–Kier alpha value is -3.57. The van der Waals surface area contributed by atoms with Gasteiger partial charge in [0.05, 0.1) is 6.04 Å². The fourth-order valence-corrected chi connectivity index (χ4v) is 5.53. The van der Waals surface area contributed by atoms with Crippen LogP contribution in [0.25, 0.3) is 11.1 Å². The maximum Gasteiger partial charge on any atom is 0.243 e. The summed E-state index contributed by atoms with van der Waals surface area (Å²) >= 11 is 1.71. The first-order valence-electron chi connectivity index (χ1n) is 11.0. The van der Waals surface area contributed by atoms with Crippen LogP contribution in [0.1, 0.15) is 17.2 Å². The number of anilines is 1. The highest BCUT2D eigenvalue weighted by Gasteiger charge is 2.49. The minimum absolute atomic E-state index is 0.0666. The number of nitrogens with zero attached hydrogens (tertiary/aromatic N) is 2. The molecule has 33 heavy (non-hydrogen) atoms. The zero-order valence-corrected chi connectivity index (χ0v) is 18.9. The number of phenols is 1. The van der Waals surface area contributed by atoms with Gasteiger partial charge in [-0.25, -0.2) is 0 Å². The standard InChI is InChI=1S/C28H24N2O2S/c31-25-14-10-22(11-15-25)26-27(33-18-16-20-5-2-1-3-6-20)28(32)30(26)24-12-8-21(9-13-24)23-7-4-17-29-19-23/h1-15,17,19,26-27,31H,16,18H2/t26-,27-/m1/s1. The molecule has 0 saturated carbocycles. The van der Waals surface area contributed by atoms with Crippen molar-refractivity contribution in [3.05, 3.63) is 115 Å². The number of aryl methyl sites for hydroxylation is 1. The first kappa shape index (κ1) is 21.3. The number of hydrogen-bond acceptors (Lipinski definition) is 4. The van der Waals surface area contributed by atoms with Crippen molar-refractivity contribution >= 4 is 23.4 Å². The highest BCUT2D eigenvalue weighted by molar-refractivity contribution is 8.00. The molecule has 2 atom stereocenters. The number of aromatic hydroxyl groups is 1. The number of rotatable bonds is 7. The van der Waals surface area contributed by atoms with Gasteiger partial charge in [0, 0.05) is 18.1 Å². The Morgan fingerprint density at radius 1 is 0.848 bits per heavy atom. The molecule has 1 aromatic heterocycles. The minimum atomic E-state index is -0.142. The molecule has 0 unspecified atom stereocenters. The molecule has 1 saturated heterocycles. The van der Waals surface area contributed by atoms with E-state index in [0.29, 0.717) is 0 Å². The van der Waals surface area contributed by atoms with Gasteiger partial charge in [-0.2, -0.15) is 0 Å². The number of amides is 1. The molecule has 0 spiro atoms. The molecule has 1 N–H and O–H groups in total. The Morgan fingerprint density at radius 3 is 2.30 bits per heavy atom. The summed E-state index contributed by atoms with van der Waals surface area (Å²) in [7, 11) is 0. The fourth-order valence-electron chi connectivity index (χ4n) is 4.20. The van der Waals surface area contributed by atoms with Crippen LogP contribution in [0, 0.1) is 0 Å². The van der Waals surface area contributed by atoms with E-state index in [1.165, 1.54) is 5.56 Å². The third-order valence-electron chi connectivity index (χ3n) is 5.95. The van der Waals surface area contributed by atoms with Crippen molar-refractivity contribution < 1.29 is 9.90 Å². The Morgan fingerprint density at radius 2 is 1.61 bits per heavy atom. The van der Waals surface area contributed by atoms with Crippen LogP contribution in [-0.4, -0.2) is 27.0 Å². The van der Waals surface area contributed by atoms with Crippen molar-refractivity contribution in [2.75, 3.05) is 10.7 Å². The summed E-state index contributed by atoms with van der Waals surface area (Å²) in [6.45, 7) is 0. The average Bonchev–Trinajstić information content (AvgIpc) is 2.87. The Kier molecular flexibility index (Phi) is 6.13. The SMILES string of the molecule is O=C1[C@H](SCCc2ccccc2)[C@@H](c2ccc(O)cc2)N1c1ccc(-c2cccnc2)cc1. The first-order chi connectivity index (χ1) is 16.2. The number of pyridine rings is 1. The van der Waals surface area contributed by atoms with Gasteiger partial charge in [0.15, 0.2) is 0 Å². The van der Waals surface area contributed by atoms with E-state index < -0.39 is 0 Å². The van der Waals surface area contributed by atoms with E-state index >= 15 is 0 Å². The molecule has 5 rings (SSSR count). The zero-order chi connectivity index (χ0) is 22.6. The molecule has 3 aromatic carbocycles. The van der Waals surface area contributed by atoms with E-state index in [1.807, 2.05) is 77.8 Å². The molecule has 164 valence electrons. The molecule has 4 aromatic rings. The lowest BCUT2D eigenvalue weighted by molar-refractivity contribution is -0.123. The summed E-state index contributed by atoms with van der Waals surface area (Å²) in [6.07, 6.45) is 4.52. The predicted molar refractivity (Wildman–Crippen MR) is 134 cm³/mol. The van der Waals surface area contributed by atoms with Crippen LogP contribution < -0.4 is 4.90 Å². The van der Waals surface area contributed by atoms with Crippen molar-refractivity contribution in [3.63, 3.8) is 0 Å². The second-order valence-corrected chi connectivity index (χ2v) is 9.31. The molecule has 1 aliphatic rings. The maximum absolute atomic E-state index is 13.3. The number of carbonyl (C=O) groups is 1. The lowest BCUT2D eigenvalue weighted by Gasteiger charge is -2.47. The lowest BCUT2D eigenvalue weighted by atomic mass is 9.92. The number of phenolic OH excluding ortho intramolecular Hbond substituents is 1. The molecule has 1 aliphatic heterocycles.